The number of nitrogens with zero attached hydrogens (tertiary/aromatic N) is 1. The van der Waals surface area contributed by atoms with E-state index in [-0.39, 0.29) is 24.1 Å². The number of aromatic nitrogens is 2. The highest BCUT2D eigenvalue weighted by atomic mass is 19.1. The van der Waals surface area contributed by atoms with Gasteiger partial charge < -0.3 is 15.0 Å². The average Bonchev–Trinajstić information content (AvgIpc) is 2.68. The maximum absolute atomic E-state index is 13.6. The van der Waals surface area contributed by atoms with Crippen molar-refractivity contribution in [3.63, 3.8) is 0 Å². The Hall–Kier alpha value is -3.55. The van der Waals surface area contributed by atoms with Crippen LogP contribution in [0.2, 0.25) is 0 Å². The number of fused-ring (bicyclic) bond motifs is 1. The van der Waals surface area contributed by atoms with Gasteiger partial charge in [0.25, 0.3) is 11.5 Å². The van der Waals surface area contributed by atoms with E-state index in [1.807, 2.05) is 0 Å². The van der Waals surface area contributed by atoms with E-state index in [4.69, 9.17) is 4.74 Å². The monoisotopic (exact) mass is 383 g/mol. The second-order valence-electron chi connectivity index (χ2n) is 6.13. The number of esters is 1. The summed E-state index contributed by atoms with van der Waals surface area (Å²) in [4.78, 5) is 43.0. The van der Waals surface area contributed by atoms with E-state index in [2.05, 4.69) is 15.3 Å². The molecule has 0 saturated carbocycles. The molecule has 0 aliphatic carbocycles. The molecular weight excluding hydrogens is 365 g/mol. The predicted molar refractivity (Wildman–Crippen MR) is 101 cm³/mol. The number of nitrogens with one attached hydrogen (secondary N) is 2. The lowest BCUT2D eigenvalue weighted by Gasteiger charge is -2.13. The number of carbonyl (C=O) groups excluding carboxylic acids is 2. The minimum Gasteiger partial charge on any atom is -0.453 e. The van der Waals surface area contributed by atoms with E-state index >= 15 is 0 Å². The van der Waals surface area contributed by atoms with Crippen LogP contribution in [-0.2, 0) is 20.7 Å². The Morgan fingerprint density at radius 2 is 1.89 bits per heavy atom. The number of anilines is 1. The van der Waals surface area contributed by atoms with Crippen molar-refractivity contribution in [3.8, 4) is 0 Å². The summed E-state index contributed by atoms with van der Waals surface area (Å²) in [6.07, 6.45) is -1.02. The quantitative estimate of drug-likeness (QED) is 0.637. The largest absolute Gasteiger partial charge is 0.453 e. The molecule has 2 N–H and O–H groups in total. The summed E-state index contributed by atoms with van der Waals surface area (Å²) in [6, 6.07) is 12.6. The van der Waals surface area contributed by atoms with E-state index in [0.717, 1.165) is 0 Å². The van der Waals surface area contributed by atoms with Gasteiger partial charge >= 0.3 is 5.97 Å². The molecule has 0 unspecified atom stereocenters. The first-order valence-corrected chi connectivity index (χ1v) is 8.67. The molecule has 0 aliphatic heterocycles. The molecule has 7 nitrogen and oxygen atoms in total. The zero-order valence-electron chi connectivity index (χ0n) is 15.1. The standard InChI is InChI=1S/C20H18FN3O4/c1-12(19(26)23-16-9-5-3-7-14(16)21)28-18(25)11-10-17-22-15-8-4-2-6-13(15)20(27)24-17/h2-9,12H,10-11H2,1H3,(H,23,26)(H,22,24,27)/t12-/m0/s1. The molecule has 0 fully saturated rings. The molecule has 3 rings (SSSR count). The van der Waals surface area contributed by atoms with Gasteiger partial charge in [-0.1, -0.05) is 24.3 Å². The predicted octanol–water partition coefficient (Wildman–Crippen LogP) is 2.57. The van der Waals surface area contributed by atoms with Crippen molar-refractivity contribution < 1.29 is 18.7 Å². The molecule has 0 bridgehead atoms. The number of rotatable bonds is 6. The summed E-state index contributed by atoms with van der Waals surface area (Å²) in [7, 11) is 0. The Kier molecular flexibility index (Phi) is 5.78. The molecule has 144 valence electrons. The third-order valence-electron chi connectivity index (χ3n) is 4.04. The van der Waals surface area contributed by atoms with Crippen LogP contribution in [0, 0.1) is 5.82 Å². The molecule has 1 atom stereocenters. The molecule has 1 aromatic heterocycles. The smallest absolute Gasteiger partial charge is 0.307 e. The number of amides is 1. The molecule has 1 amide bonds. The van der Waals surface area contributed by atoms with Crippen molar-refractivity contribution in [1.29, 1.82) is 0 Å². The molecule has 3 aromatic rings. The lowest BCUT2D eigenvalue weighted by Crippen LogP contribution is -2.30. The SMILES string of the molecule is C[C@H](OC(=O)CCc1nc2ccccc2c(=O)[nH]1)C(=O)Nc1ccccc1F. The van der Waals surface area contributed by atoms with Crippen molar-refractivity contribution in [2.75, 3.05) is 5.32 Å². The fourth-order valence-corrected chi connectivity index (χ4v) is 2.58. The lowest BCUT2D eigenvalue weighted by atomic mass is 10.2. The summed E-state index contributed by atoms with van der Waals surface area (Å²) < 4.78 is 18.6. The van der Waals surface area contributed by atoms with Crippen LogP contribution >= 0.6 is 0 Å². The van der Waals surface area contributed by atoms with Gasteiger partial charge in [0, 0.05) is 6.42 Å². The first kappa shape index (κ1) is 19.2. The topological polar surface area (TPSA) is 101 Å². The molecule has 1 heterocycles. The van der Waals surface area contributed by atoms with Gasteiger partial charge in [-0.3, -0.25) is 14.4 Å². The van der Waals surface area contributed by atoms with Crippen LogP contribution in [0.25, 0.3) is 10.9 Å². The van der Waals surface area contributed by atoms with Crippen molar-refractivity contribution >= 4 is 28.5 Å². The molecule has 2 aromatic carbocycles. The first-order chi connectivity index (χ1) is 13.4. The van der Waals surface area contributed by atoms with Crippen LogP contribution in [-0.4, -0.2) is 27.9 Å². The minimum absolute atomic E-state index is 0.00772. The third-order valence-corrected chi connectivity index (χ3v) is 4.04. The van der Waals surface area contributed by atoms with Gasteiger partial charge in [-0.05, 0) is 31.2 Å². The summed E-state index contributed by atoms with van der Waals surface area (Å²) in [6.45, 7) is 1.39. The number of hydrogen-bond donors (Lipinski definition) is 2. The number of hydrogen-bond acceptors (Lipinski definition) is 5. The van der Waals surface area contributed by atoms with Gasteiger partial charge in [-0.25, -0.2) is 9.37 Å². The molecule has 0 aliphatic rings. The second kappa shape index (κ2) is 8.43. The summed E-state index contributed by atoms with van der Waals surface area (Å²) in [5.41, 5.74) is 0.257. The number of aryl methyl sites for hydroxylation is 1. The van der Waals surface area contributed by atoms with Gasteiger partial charge in [0.1, 0.15) is 11.6 Å². The summed E-state index contributed by atoms with van der Waals surface area (Å²) in [5.74, 6) is -1.51. The highest BCUT2D eigenvalue weighted by Gasteiger charge is 2.19. The number of carbonyl (C=O) groups is 2. The van der Waals surface area contributed by atoms with E-state index < -0.39 is 23.8 Å². The van der Waals surface area contributed by atoms with Crippen molar-refractivity contribution in [1.82, 2.24) is 9.97 Å². The molecule has 0 saturated heterocycles. The van der Waals surface area contributed by atoms with Crippen LogP contribution in [0.4, 0.5) is 10.1 Å². The highest BCUT2D eigenvalue weighted by molar-refractivity contribution is 5.95. The number of H-pyrrole nitrogens is 1. The van der Waals surface area contributed by atoms with Crippen LogP contribution < -0.4 is 10.9 Å². The minimum atomic E-state index is -1.10. The Balaban J connectivity index is 1.56. The Bertz CT molecular complexity index is 1080. The zero-order chi connectivity index (χ0) is 20.1. The number of halogens is 1. The average molecular weight is 383 g/mol. The maximum Gasteiger partial charge on any atom is 0.307 e. The number of para-hydroxylation sites is 2. The highest BCUT2D eigenvalue weighted by Crippen LogP contribution is 2.13. The zero-order valence-corrected chi connectivity index (χ0v) is 15.1. The Morgan fingerprint density at radius 3 is 2.68 bits per heavy atom. The first-order valence-electron chi connectivity index (χ1n) is 8.67. The van der Waals surface area contributed by atoms with Crippen LogP contribution in [0.3, 0.4) is 0 Å². The fourth-order valence-electron chi connectivity index (χ4n) is 2.58. The van der Waals surface area contributed by atoms with Gasteiger partial charge in [-0.15, -0.1) is 0 Å². The van der Waals surface area contributed by atoms with E-state index in [1.54, 1.807) is 30.3 Å². The lowest BCUT2D eigenvalue weighted by molar-refractivity contribution is -0.153. The third kappa shape index (κ3) is 4.59. The molecule has 0 spiro atoms. The van der Waals surface area contributed by atoms with Gasteiger partial charge in [0.05, 0.1) is 23.0 Å². The van der Waals surface area contributed by atoms with E-state index in [0.29, 0.717) is 16.7 Å². The summed E-state index contributed by atoms with van der Waals surface area (Å²) in [5, 5.41) is 2.83. The second-order valence-corrected chi connectivity index (χ2v) is 6.13. The van der Waals surface area contributed by atoms with Crippen LogP contribution in [0.1, 0.15) is 19.2 Å². The van der Waals surface area contributed by atoms with E-state index in [9.17, 15) is 18.8 Å². The molecule has 28 heavy (non-hydrogen) atoms. The number of ether oxygens (including phenoxy) is 1. The van der Waals surface area contributed by atoms with Crippen molar-refractivity contribution in [3.05, 3.63) is 70.5 Å². The number of benzene rings is 2. The fraction of sp³-hybridized carbons (Fsp3) is 0.200. The molecule has 0 radical (unpaired) electrons. The van der Waals surface area contributed by atoms with Crippen molar-refractivity contribution in [2.24, 2.45) is 0 Å². The number of aromatic amines is 1. The normalized spacial score (nSPS) is 11.8. The molecular formula is C20H18FN3O4. The van der Waals surface area contributed by atoms with Crippen molar-refractivity contribution in [2.45, 2.75) is 25.9 Å². The maximum atomic E-state index is 13.6. The van der Waals surface area contributed by atoms with Crippen LogP contribution in [0.15, 0.2) is 53.3 Å². The van der Waals surface area contributed by atoms with E-state index in [1.165, 1.54) is 25.1 Å². The van der Waals surface area contributed by atoms with Crippen LogP contribution in [0.5, 0.6) is 0 Å². The van der Waals surface area contributed by atoms with Gasteiger partial charge in [0.2, 0.25) is 0 Å². The molecule has 8 heteroatoms. The Labute approximate surface area is 159 Å². The Morgan fingerprint density at radius 1 is 1.18 bits per heavy atom. The van der Waals surface area contributed by atoms with Gasteiger partial charge in [-0.2, -0.15) is 0 Å². The van der Waals surface area contributed by atoms with Gasteiger partial charge in [0.15, 0.2) is 6.10 Å². The summed E-state index contributed by atoms with van der Waals surface area (Å²) >= 11 is 0.